The third kappa shape index (κ3) is 16.3. The van der Waals surface area contributed by atoms with E-state index in [-0.39, 0.29) is 82.4 Å². The summed E-state index contributed by atoms with van der Waals surface area (Å²) >= 11 is 0. The molecule has 0 radical (unpaired) electrons. The van der Waals surface area contributed by atoms with Crippen molar-refractivity contribution in [2.75, 3.05) is 31.9 Å². The van der Waals surface area contributed by atoms with Gasteiger partial charge in [-0.3, -0.25) is 4.39 Å². The van der Waals surface area contributed by atoms with Gasteiger partial charge in [0, 0.05) is 24.7 Å². The molecule has 0 unspecified atom stereocenters. The lowest BCUT2D eigenvalue weighted by atomic mass is 9.87. The molecule has 15 heteroatoms. The molecule has 2 heterocycles. The van der Waals surface area contributed by atoms with Crippen LogP contribution in [0.15, 0.2) is 95.8 Å². The minimum absolute atomic E-state index is 0.00239. The van der Waals surface area contributed by atoms with Gasteiger partial charge >= 0.3 is 0 Å². The number of rotatable bonds is 20. The first kappa shape index (κ1) is 56.3. The number of halogens is 1. The Morgan fingerprint density at radius 3 is 1.45 bits per heavy atom. The van der Waals surface area contributed by atoms with Crippen molar-refractivity contribution in [3.05, 3.63) is 86.0 Å². The minimum Gasteiger partial charge on any atom is -0.414 e. The molecule has 2 fully saturated rings. The zero-order chi connectivity index (χ0) is 49.6. The molecule has 2 N–H and O–H groups in total. The van der Waals surface area contributed by atoms with Crippen LogP contribution in [0.2, 0.25) is 36.3 Å². The average molecular weight is 973 g/mol. The molecule has 2 aromatic carbocycles. The van der Waals surface area contributed by atoms with Crippen molar-refractivity contribution in [2.45, 2.75) is 164 Å². The summed E-state index contributed by atoms with van der Waals surface area (Å²) in [5.41, 5.74) is 0. The van der Waals surface area contributed by atoms with Gasteiger partial charge in [-0.05, 0) is 85.2 Å². The molecule has 2 aromatic rings. The molecule has 64 heavy (non-hydrogen) atoms. The van der Waals surface area contributed by atoms with Crippen LogP contribution < -0.4 is 0 Å². The Kier molecular flexibility index (Phi) is 21.8. The topological polar surface area (TPSA) is 146 Å². The maximum atomic E-state index is 13.3. The lowest BCUT2D eigenvalue weighted by Crippen LogP contribution is -2.48. The summed E-state index contributed by atoms with van der Waals surface area (Å²) in [6.07, 6.45) is 3.99. The molecule has 0 amide bonds. The van der Waals surface area contributed by atoms with Crippen molar-refractivity contribution in [1.29, 1.82) is 0 Å². The van der Waals surface area contributed by atoms with Crippen LogP contribution in [0.3, 0.4) is 0 Å². The zero-order valence-electron chi connectivity index (χ0n) is 41.8. The number of aliphatic hydroxyl groups excluding tert-OH is 2. The van der Waals surface area contributed by atoms with E-state index in [0.29, 0.717) is 42.1 Å². The van der Waals surface area contributed by atoms with E-state index < -0.39 is 49.6 Å². The highest BCUT2D eigenvalue weighted by Crippen LogP contribution is 2.43. The van der Waals surface area contributed by atoms with E-state index in [1.165, 1.54) is 0 Å². The number of sulfone groups is 2. The van der Waals surface area contributed by atoms with Gasteiger partial charge in [-0.25, -0.2) is 16.8 Å². The van der Waals surface area contributed by atoms with Crippen molar-refractivity contribution in [3.63, 3.8) is 0 Å². The first-order chi connectivity index (χ1) is 30.0. The molecule has 2 saturated heterocycles. The van der Waals surface area contributed by atoms with E-state index in [4.69, 9.17) is 24.8 Å². The Morgan fingerprint density at radius 1 is 0.734 bits per heavy atom. The van der Waals surface area contributed by atoms with E-state index in [9.17, 15) is 26.3 Å². The van der Waals surface area contributed by atoms with Crippen LogP contribution in [0.25, 0.3) is 0 Å². The van der Waals surface area contributed by atoms with Crippen LogP contribution in [0.5, 0.6) is 0 Å². The quantitative estimate of drug-likeness (QED) is 0.0972. The largest absolute Gasteiger partial charge is 0.414 e. The summed E-state index contributed by atoms with van der Waals surface area (Å²) in [7, 11) is -11.9. The first-order valence-electron chi connectivity index (χ1n) is 23.3. The van der Waals surface area contributed by atoms with Crippen LogP contribution in [0.4, 0.5) is 4.39 Å². The van der Waals surface area contributed by atoms with Gasteiger partial charge in [0.05, 0.1) is 79.7 Å². The number of benzene rings is 2. The molecule has 2 aliphatic heterocycles. The number of ether oxygens (including phenoxy) is 2. The average Bonchev–Trinajstić information content (AvgIpc) is 3.65. The van der Waals surface area contributed by atoms with Crippen LogP contribution in [-0.2, 0) is 38.0 Å². The Hall–Kier alpha value is -2.06. The lowest BCUT2D eigenvalue weighted by Gasteiger charge is -2.42. The van der Waals surface area contributed by atoms with E-state index in [1.54, 1.807) is 60.7 Å². The van der Waals surface area contributed by atoms with E-state index in [2.05, 4.69) is 87.8 Å². The lowest BCUT2D eigenvalue weighted by molar-refractivity contribution is -0.0111. The molecule has 2 aliphatic rings. The number of hydrogen-bond acceptors (Lipinski definition) is 10. The van der Waals surface area contributed by atoms with Crippen molar-refractivity contribution < 1.29 is 51.1 Å². The first-order valence-corrected chi connectivity index (χ1v) is 31.7. The molecule has 0 bridgehead atoms. The summed E-state index contributed by atoms with van der Waals surface area (Å²) < 4.78 is 93.7. The fourth-order valence-electron chi connectivity index (χ4n) is 7.79. The van der Waals surface area contributed by atoms with Crippen LogP contribution in [0.1, 0.15) is 82.4 Å². The van der Waals surface area contributed by atoms with Crippen molar-refractivity contribution in [1.82, 2.24) is 0 Å². The van der Waals surface area contributed by atoms with E-state index in [1.807, 2.05) is 19.1 Å². The predicted octanol–water partition coefficient (Wildman–Crippen LogP) is 10.2. The highest BCUT2D eigenvalue weighted by molar-refractivity contribution is 7.91. The number of aliphatic hydroxyl groups is 2. The number of alkyl halides is 1. The Labute approximate surface area is 390 Å². The monoisotopic (exact) mass is 972 g/mol. The third-order valence-electron chi connectivity index (χ3n) is 13.9. The van der Waals surface area contributed by atoms with Gasteiger partial charge < -0.3 is 28.5 Å². The fraction of sp³-hybridized carbons (Fsp3) is 0.673. The normalized spacial score (nSPS) is 25.5. The highest BCUT2D eigenvalue weighted by Gasteiger charge is 2.47. The second kappa shape index (κ2) is 24.8. The second-order valence-electron chi connectivity index (χ2n) is 20.6. The fourth-order valence-corrected chi connectivity index (χ4v) is 13.8. The molecule has 10 nitrogen and oxygen atoms in total. The van der Waals surface area contributed by atoms with Crippen LogP contribution in [0, 0.1) is 23.7 Å². The maximum Gasteiger partial charge on any atom is 0.192 e. The summed E-state index contributed by atoms with van der Waals surface area (Å²) in [5, 5.41) is 18.9. The predicted molar refractivity (Wildman–Crippen MR) is 264 cm³/mol. The van der Waals surface area contributed by atoms with Gasteiger partial charge in [0.2, 0.25) is 0 Å². The van der Waals surface area contributed by atoms with Gasteiger partial charge in [0.1, 0.15) is 0 Å². The summed E-state index contributed by atoms with van der Waals surface area (Å²) in [4.78, 5) is 0.684. The molecular weight excluding hydrogens is 888 g/mol. The Balaban J connectivity index is 0.000000459. The number of hydrogen-bond donors (Lipinski definition) is 2. The molecule has 10 atom stereocenters. The van der Waals surface area contributed by atoms with Crippen molar-refractivity contribution >= 4 is 36.3 Å². The van der Waals surface area contributed by atoms with Crippen molar-refractivity contribution in [2.24, 2.45) is 23.7 Å². The smallest absolute Gasteiger partial charge is 0.192 e. The standard InChI is InChI=1S/C30H54O5SSi2.C18H26O5S.CH3F/c1-13-17-27-26(22-36(31,32)25-18-15-14-16-19-25)23(2)28(34-27)20-24(35-38(11,12)30(6,7)8)21-33-37(9,10)29(3,4)5;1-3-7-17-16(13(2)18(23-17)10-14(20)11-19)12-24(21,22)15-8-5-4-6-9-15;1-2/h13-16,18-19,23-24,26-28H,1,17,20-22H2,2-12H3;3-6,8-9,13-14,16-20H,1,7,10-12H2,2H3;1H3/t23-,24+,26-,27+,28-;13-,14+,16-,17+,18-;/m11./s1/i;;1D. The second-order valence-corrected chi connectivity index (χ2v) is 34.2. The van der Waals surface area contributed by atoms with Gasteiger partial charge in [0.25, 0.3) is 0 Å². The third-order valence-corrected chi connectivity index (χ3v) is 26.6. The van der Waals surface area contributed by atoms with Crippen LogP contribution in [-0.4, -0.2) is 112 Å². The van der Waals surface area contributed by atoms with Gasteiger partial charge in [-0.1, -0.05) is 104 Å². The van der Waals surface area contributed by atoms with E-state index >= 15 is 0 Å². The molecule has 0 aromatic heterocycles. The van der Waals surface area contributed by atoms with Crippen LogP contribution >= 0.6 is 0 Å². The maximum absolute atomic E-state index is 13.3. The molecule has 0 spiro atoms. The molecule has 4 rings (SSSR count). The zero-order valence-corrected chi connectivity index (χ0v) is 44.5. The summed E-state index contributed by atoms with van der Waals surface area (Å²) in [6.45, 7) is 34.6. The molecule has 366 valence electrons. The van der Waals surface area contributed by atoms with Gasteiger partial charge in [-0.2, -0.15) is 0 Å². The van der Waals surface area contributed by atoms with Gasteiger partial charge in [-0.15, -0.1) is 13.2 Å². The van der Waals surface area contributed by atoms with Crippen molar-refractivity contribution in [3.8, 4) is 0 Å². The summed E-state index contributed by atoms with van der Waals surface area (Å²) in [5.74, 6) is -0.183. The Bertz CT molecular complexity index is 1940. The highest BCUT2D eigenvalue weighted by atomic mass is 32.2. The minimum atomic E-state index is -3.43. The summed E-state index contributed by atoms with van der Waals surface area (Å²) in [6, 6.07) is 17.2. The molecule has 0 saturated carbocycles. The Morgan fingerprint density at radius 2 is 1.11 bits per heavy atom. The van der Waals surface area contributed by atoms with E-state index in [0.717, 1.165) is 0 Å². The molecule has 0 aliphatic carbocycles. The SMILES string of the molecule is C=CC[C@@H]1O[C@H](C[C@@H](CO[Si](C)(C)C(C)(C)C)O[Si](C)(C)C(C)(C)C)[C@H](C)[C@H]1CS(=O)(=O)c1ccccc1.C=CC[C@@H]1O[C@H](C[C@H](O)CO)[C@H](C)[C@H]1CS(=O)(=O)c1ccccc1.[2H]CF. The molecular formula is C49H83FO10S2Si2. The van der Waals surface area contributed by atoms with Gasteiger partial charge in [0.15, 0.2) is 36.3 Å².